The Labute approximate surface area is 112 Å². The molecule has 0 saturated carbocycles. The molecule has 1 amide bonds. The lowest BCUT2D eigenvalue weighted by Gasteiger charge is -2.25. The molecule has 0 bridgehead atoms. The van der Waals surface area contributed by atoms with Gasteiger partial charge in [-0.3, -0.25) is 4.79 Å². The second-order valence-corrected chi connectivity index (χ2v) is 4.27. The van der Waals surface area contributed by atoms with Gasteiger partial charge in [0.15, 0.2) is 5.82 Å². The van der Waals surface area contributed by atoms with Gasteiger partial charge in [0.2, 0.25) is 0 Å². The predicted octanol–water partition coefficient (Wildman–Crippen LogP) is 2.25. The van der Waals surface area contributed by atoms with Crippen molar-refractivity contribution in [1.82, 2.24) is 14.9 Å². The largest absolute Gasteiger partial charge is 0.496 e. The molecule has 0 aliphatic heterocycles. The molecule has 0 saturated heterocycles. The fourth-order valence-electron chi connectivity index (χ4n) is 1.95. The Bertz CT molecular complexity index is 552. The van der Waals surface area contributed by atoms with Crippen molar-refractivity contribution >= 4 is 5.91 Å². The summed E-state index contributed by atoms with van der Waals surface area (Å²) in [6.07, 6.45) is 3.20. The zero-order valence-electron chi connectivity index (χ0n) is 11.3. The van der Waals surface area contributed by atoms with E-state index in [-0.39, 0.29) is 11.9 Å². The van der Waals surface area contributed by atoms with Crippen LogP contribution >= 0.6 is 0 Å². The fourth-order valence-corrected chi connectivity index (χ4v) is 1.95. The van der Waals surface area contributed by atoms with Crippen LogP contribution in [0.15, 0.2) is 36.7 Å². The van der Waals surface area contributed by atoms with E-state index in [0.717, 1.165) is 11.3 Å². The number of nitrogens with zero attached hydrogens (tertiary/aromatic N) is 2. The molecule has 100 valence electrons. The summed E-state index contributed by atoms with van der Waals surface area (Å²) >= 11 is 0. The molecule has 0 aliphatic rings. The number of amides is 1. The second-order valence-electron chi connectivity index (χ2n) is 4.27. The summed E-state index contributed by atoms with van der Waals surface area (Å²) in [7, 11) is 3.38. The molecule has 19 heavy (non-hydrogen) atoms. The number of methoxy groups -OCH3 is 1. The quantitative estimate of drug-likeness (QED) is 0.916. The Morgan fingerprint density at radius 2 is 2.16 bits per heavy atom. The number of aromatic amines is 1. The monoisotopic (exact) mass is 259 g/mol. The van der Waals surface area contributed by atoms with Crippen molar-refractivity contribution in [2.24, 2.45) is 0 Å². The minimum Gasteiger partial charge on any atom is -0.496 e. The Kier molecular flexibility index (Phi) is 3.85. The van der Waals surface area contributed by atoms with Crippen molar-refractivity contribution < 1.29 is 9.53 Å². The maximum Gasteiger partial charge on any atom is 0.289 e. The minimum atomic E-state index is -0.150. The first-order valence-electron chi connectivity index (χ1n) is 6.04. The summed E-state index contributed by atoms with van der Waals surface area (Å²) in [5, 5.41) is 0. The summed E-state index contributed by atoms with van der Waals surface area (Å²) in [6, 6.07) is 7.57. The molecule has 1 N–H and O–H groups in total. The zero-order valence-corrected chi connectivity index (χ0v) is 11.3. The first-order chi connectivity index (χ1) is 9.15. The maximum absolute atomic E-state index is 12.2. The van der Waals surface area contributed by atoms with E-state index in [1.54, 1.807) is 31.5 Å². The molecular formula is C14H17N3O2. The average molecular weight is 259 g/mol. The van der Waals surface area contributed by atoms with Crippen molar-refractivity contribution in [2.75, 3.05) is 14.2 Å². The van der Waals surface area contributed by atoms with Gasteiger partial charge in [0, 0.05) is 25.0 Å². The number of hydrogen-bond donors (Lipinski definition) is 1. The van der Waals surface area contributed by atoms with Crippen LogP contribution in [0.2, 0.25) is 0 Å². The van der Waals surface area contributed by atoms with Crippen LogP contribution in [-0.2, 0) is 0 Å². The van der Waals surface area contributed by atoms with E-state index >= 15 is 0 Å². The van der Waals surface area contributed by atoms with E-state index in [1.165, 1.54) is 0 Å². The average Bonchev–Trinajstić information content (AvgIpc) is 2.99. The van der Waals surface area contributed by atoms with Crippen LogP contribution in [0.4, 0.5) is 0 Å². The molecule has 0 aliphatic carbocycles. The third-order valence-corrected chi connectivity index (χ3v) is 3.19. The topological polar surface area (TPSA) is 58.2 Å². The number of carbonyl (C=O) groups excluding carboxylic acids is 1. The molecule has 2 aromatic rings. The van der Waals surface area contributed by atoms with E-state index in [1.807, 2.05) is 31.2 Å². The van der Waals surface area contributed by atoms with Gasteiger partial charge < -0.3 is 14.6 Å². The van der Waals surface area contributed by atoms with Crippen molar-refractivity contribution in [2.45, 2.75) is 13.0 Å². The van der Waals surface area contributed by atoms with Gasteiger partial charge in [-0.2, -0.15) is 0 Å². The Morgan fingerprint density at radius 3 is 2.79 bits per heavy atom. The summed E-state index contributed by atoms with van der Waals surface area (Å²) in [6.45, 7) is 1.96. The van der Waals surface area contributed by atoms with Gasteiger partial charge in [-0.05, 0) is 13.0 Å². The molecule has 0 fully saturated rings. The molecule has 2 rings (SSSR count). The zero-order chi connectivity index (χ0) is 13.8. The second kappa shape index (κ2) is 5.56. The van der Waals surface area contributed by atoms with Crippen molar-refractivity contribution in [3.05, 3.63) is 48.0 Å². The third-order valence-electron chi connectivity index (χ3n) is 3.19. The van der Waals surface area contributed by atoms with E-state index in [0.29, 0.717) is 5.82 Å². The molecule has 0 radical (unpaired) electrons. The molecule has 5 heteroatoms. The summed E-state index contributed by atoms with van der Waals surface area (Å²) in [5.41, 5.74) is 0.965. The van der Waals surface area contributed by atoms with Crippen LogP contribution in [0, 0.1) is 0 Å². The van der Waals surface area contributed by atoms with Gasteiger partial charge in [-0.1, -0.05) is 18.2 Å². The molecule has 1 unspecified atom stereocenters. The molecule has 1 heterocycles. The van der Waals surface area contributed by atoms with Crippen LogP contribution in [0.5, 0.6) is 5.75 Å². The van der Waals surface area contributed by atoms with Crippen molar-refractivity contribution in [3.63, 3.8) is 0 Å². The predicted molar refractivity (Wildman–Crippen MR) is 72.1 cm³/mol. The lowest BCUT2D eigenvalue weighted by atomic mass is 10.1. The van der Waals surface area contributed by atoms with E-state index < -0.39 is 0 Å². The summed E-state index contributed by atoms with van der Waals surface area (Å²) in [4.78, 5) is 20.6. The highest BCUT2D eigenvalue weighted by molar-refractivity contribution is 5.90. The molecule has 0 spiro atoms. The number of nitrogens with one attached hydrogen (secondary N) is 1. The fraction of sp³-hybridized carbons (Fsp3) is 0.286. The van der Waals surface area contributed by atoms with Gasteiger partial charge in [0.05, 0.1) is 13.2 Å². The van der Waals surface area contributed by atoms with Gasteiger partial charge in [-0.15, -0.1) is 0 Å². The lowest BCUT2D eigenvalue weighted by molar-refractivity contribution is 0.0730. The van der Waals surface area contributed by atoms with Crippen molar-refractivity contribution in [1.29, 1.82) is 0 Å². The standard InChI is InChI=1S/C14H17N3O2/c1-10(11-6-4-5-7-12(11)19-3)17(2)14(18)13-15-8-9-16-13/h4-10H,1-3H3,(H,15,16). The molecule has 5 nitrogen and oxygen atoms in total. The molecular weight excluding hydrogens is 242 g/mol. The highest BCUT2D eigenvalue weighted by atomic mass is 16.5. The number of imidazole rings is 1. The first-order valence-corrected chi connectivity index (χ1v) is 6.04. The van der Waals surface area contributed by atoms with Gasteiger partial charge in [-0.25, -0.2) is 4.98 Å². The Hall–Kier alpha value is -2.30. The van der Waals surface area contributed by atoms with Crippen molar-refractivity contribution in [3.8, 4) is 5.75 Å². The summed E-state index contributed by atoms with van der Waals surface area (Å²) < 4.78 is 5.33. The van der Waals surface area contributed by atoms with Crippen LogP contribution in [-0.4, -0.2) is 34.9 Å². The van der Waals surface area contributed by atoms with Crippen LogP contribution in [0.25, 0.3) is 0 Å². The number of carbonyl (C=O) groups is 1. The van der Waals surface area contributed by atoms with Gasteiger partial charge in [0.25, 0.3) is 5.91 Å². The highest BCUT2D eigenvalue weighted by Gasteiger charge is 2.22. The smallest absolute Gasteiger partial charge is 0.289 e. The van der Waals surface area contributed by atoms with Crippen LogP contribution < -0.4 is 4.74 Å². The number of para-hydroxylation sites is 1. The normalized spacial score (nSPS) is 11.9. The Balaban J connectivity index is 2.23. The van der Waals surface area contributed by atoms with Crippen LogP contribution in [0.3, 0.4) is 0 Å². The number of hydrogen-bond acceptors (Lipinski definition) is 3. The maximum atomic E-state index is 12.2. The summed E-state index contributed by atoms with van der Waals surface area (Å²) in [5.74, 6) is 0.960. The Morgan fingerprint density at radius 1 is 1.42 bits per heavy atom. The van der Waals surface area contributed by atoms with E-state index in [4.69, 9.17) is 4.74 Å². The number of H-pyrrole nitrogens is 1. The number of rotatable bonds is 4. The number of benzene rings is 1. The molecule has 1 aromatic heterocycles. The highest BCUT2D eigenvalue weighted by Crippen LogP contribution is 2.28. The van der Waals surface area contributed by atoms with Gasteiger partial charge >= 0.3 is 0 Å². The number of ether oxygens (including phenoxy) is 1. The third kappa shape index (κ3) is 2.59. The lowest BCUT2D eigenvalue weighted by Crippen LogP contribution is -2.30. The molecule has 1 aromatic carbocycles. The van der Waals surface area contributed by atoms with E-state index in [2.05, 4.69) is 9.97 Å². The van der Waals surface area contributed by atoms with Gasteiger partial charge in [0.1, 0.15) is 5.75 Å². The first kappa shape index (κ1) is 13.1. The van der Waals surface area contributed by atoms with Crippen LogP contribution in [0.1, 0.15) is 29.1 Å². The molecule has 1 atom stereocenters. The minimum absolute atomic E-state index is 0.103. The van der Waals surface area contributed by atoms with E-state index in [9.17, 15) is 4.79 Å². The number of aromatic nitrogens is 2. The SMILES string of the molecule is COc1ccccc1C(C)N(C)C(=O)c1ncc[nH]1.